The lowest BCUT2D eigenvalue weighted by Crippen LogP contribution is -2.37. The molecule has 33 heavy (non-hydrogen) atoms. The normalized spacial score (nSPS) is 15.6. The lowest BCUT2D eigenvalue weighted by Gasteiger charge is -2.23. The number of methoxy groups -OCH3 is 2. The first kappa shape index (κ1) is 22.8. The number of nitrogens with one attached hydrogen (secondary N) is 1. The van der Waals surface area contributed by atoms with Crippen molar-refractivity contribution in [2.75, 3.05) is 24.4 Å². The van der Waals surface area contributed by atoms with Gasteiger partial charge in [-0.3, -0.25) is 14.5 Å². The maximum Gasteiger partial charge on any atom is 0.256 e. The van der Waals surface area contributed by atoms with Crippen molar-refractivity contribution in [1.82, 2.24) is 4.90 Å². The van der Waals surface area contributed by atoms with Gasteiger partial charge in [-0.25, -0.2) is 0 Å². The van der Waals surface area contributed by atoms with Crippen LogP contribution in [0.3, 0.4) is 0 Å². The van der Waals surface area contributed by atoms with Crippen molar-refractivity contribution in [3.8, 4) is 11.5 Å². The molecule has 0 spiro atoms. The molecule has 2 amide bonds. The molecule has 1 aromatic heterocycles. The summed E-state index contributed by atoms with van der Waals surface area (Å²) in [7, 11) is 3.17. The Balaban J connectivity index is 1.56. The summed E-state index contributed by atoms with van der Waals surface area (Å²) in [6, 6.07) is 17.4. The van der Waals surface area contributed by atoms with E-state index in [1.807, 2.05) is 22.4 Å². The Labute approximate surface area is 201 Å². The van der Waals surface area contributed by atoms with E-state index >= 15 is 0 Å². The first-order chi connectivity index (χ1) is 16.0. The highest BCUT2D eigenvalue weighted by molar-refractivity contribution is 7.80. The zero-order valence-electron chi connectivity index (χ0n) is 18.2. The number of thiophene rings is 1. The number of hydrogen-bond donors (Lipinski definition) is 1. The van der Waals surface area contributed by atoms with Gasteiger partial charge in [-0.1, -0.05) is 6.07 Å². The van der Waals surface area contributed by atoms with Crippen LogP contribution < -0.4 is 19.7 Å². The second kappa shape index (κ2) is 10.0. The number of rotatable bonds is 8. The van der Waals surface area contributed by atoms with Crippen molar-refractivity contribution in [2.45, 2.75) is 19.0 Å². The fourth-order valence-electron chi connectivity index (χ4n) is 3.62. The number of thiocarbonyl (C=S) groups is 1. The number of benzene rings is 2. The first-order valence-corrected chi connectivity index (χ1v) is 11.5. The van der Waals surface area contributed by atoms with E-state index in [-0.39, 0.29) is 18.2 Å². The summed E-state index contributed by atoms with van der Waals surface area (Å²) in [5, 5.41) is 5.21. The van der Waals surface area contributed by atoms with Gasteiger partial charge < -0.3 is 19.7 Å². The first-order valence-electron chi connectivity index (χ1n) is 10.2. The lowest BCUT2D eigenvalue weighted by molar-refractivity contribution is -0.124. The zero-order chi connectivity index (χ0) is 23.4. The largest absolute Gasteiger partial charge is 0.497 e. The van der Waals surface area contributed by atoms with Gasteiger partial charge >= 0.3 is 0 Å². The monoisotopic (exact) mass is 481 g/mol. The van der Waals surface area contributed by atoms with Crippen LogP contribution in [0.2, 0.25) is 0 Å². The molecule has 0 bridgehead atoms. The standard InChI is InChI=1S/C24H23N3O4S2/c1-30-18-9-5-16(6-10-18)25-22(28)14-21-23(29)27(17-7-11-19(31-2)12-8-17)24(32)26(21)15-20-4-3-13-33-20/h3-13,21H,14-15H2,1-2H3,(H,25,28)/t21-/m0/s1. The Morgan fingerprint density at radius 1 is 1.03 bits per heavy atom. The van der Waals surface area contributed by atoms with Crippen LogP contribution in [-0.4, -0.2) is 42.1 Å². The maximum atomic E-state index is 13.5. The van der Waals surface area contributed by atoms with Crippen LogP contribution in [0.25, 0.3) is 0 Å². The molecule has 1 saturated heterocycles. The third kappa shape index (κ3) is 4.99. The fraction of sp³-hybridized carbons (Fsp3) is 0.208. The molecule has 7 nitrogen and oxygen atoms in total. The van der Waals surface area contributed by atoms with E-state index in [2.05, 4.69) is 5.32 Å². The van der Waals surface area contributed by atoms with Crippen molar-refractivity contribution >= 4 is 51.9 Å². The lowest BCUT2D eigenvalue weighted by atomic mass is 10.1. The molecule has 4 rings (SSSR count). The van der Waals surface area contributed by atoms with Crippen LogP contribution in [0.5, 0.6) is 11.5 Å². The van der Waals surface area contributed by atoms with Crippen LogP contribution in [0.15, 0.2) is 66.0 Å². The average Bonchev–Trinajstić information content (AvgIpc) is 3.42. The molecule has 9 heteroatoms. The van der Waals surface area contributed by atoms with Crippen LogP contribution in [0.1, 0.15) is 11.3 Å². The second-order valence-electron chi connectivity index (χ2n) is 7.36. The minimum Gasteiger partial charge on any atom is -0.497 e. The molecule has 2 aromatic carbocycles. The highest BCUT2D eigenvalue weighted by atomic mass is 32.1. The van der Waals surface area contributed by atoms with Crippen LogP contribution in [-0.2, 0) is 16.1 Å². The van der Waals surface area contributed by atoms with E-state index in [1.165, 1.54) is 4.90 Å². The summed E-state index contributed by atoms with van der Waals surface area (Å²) in [4.78, 5) is 30.7. The molecule has 0 saturated carbocycles. The fourth-order valence-corrected chi connectivity index (χ4v) is 4.70. The molecule has 1 aliphatic heterocycles. The number of hydrogen-bond acceptors (Lipinski definition) is 6. The number of amides is 2. The summed E-state index contributed by atoms with van der Waals surface area (Å²) in [5.41, 5.74) is 1.27. The molecule has 2 heterocycles. The third-order valence-corrected chi connectivity index (χ3v) is 6.59. The number of anilines is 2. The maximum absolute atomic E-state index is 13.5. The highest BCUT2D eigenvalue weighted by Crippen LogP contribution is 2.30. The van der Waals surface area contributed by atoms with Crippen molar-refractivity contribution in [1.29, 1.82) is 0 Å². The Morgan fingerprint density at radius 3 is 2.24 bits per heavy atom. The van der Waals surface area contributed by atoms with Gasteiger partial charge in [0, 0.05) is 10.6 Å². The van der Waals surface area contributed by atoms with Gasteiger partial charge in [0.1, 0.15) is 17.5 Å². The smallest absolute Gasteiger partial charge is 0.256 e. The minimum absolute atomic E-state index is 0.0248. The molecule has 0 radical (unpaired) electrons. The Kier molecular flexibility index (Phi) is 6.90. The topological polar surface area (TPSA) is 71.1 Å². The molecule has 3 aromatic rings. The van der Waals surface area contributed by atoms with Gasteiger partial charge in [0.2, 0.25) is 5.91 Å². The van der Waals surface area contributed by atoms with E-state index in [4.69, 9.17) is 21.7 Å². The molecule has 0 aliphatic carbocycles. The number of ether oxygens (including phenoxy) is 2. The summed E-state index contributed by atoms with van der Waals surface area (Å²) >= 11 is 7.28. The Morgan fingerprint density at radius 2 is 1.67 bits per heavy atom. The molecule has 0 unspecified atom stereocenters. The van der Waals surface area contributed by atoms with E-state index in [0.29, 0.717) is 34.5 Å². The minimum atomic E-state index is -0.708. The van der Waals surface area contributed by atoms with Crippen molar-refractivity contribution in [2.24, 2.45) is 0 Å². The predicted octanol–water partition coefficient (Wildman–Crippen LogP) is 4.30. The van der Waals surface area contributed by atoms with Crippen molar-refractivity contribution in [3.63, 3.8) is 0 Å². The third-order valence-electron chi connectivity index (χ3n) is 5.31. The van der Waals surface area contributed by atoms with Gasteiger partial charge in [0.15, 0.2) is 5.11 Å². The molecule has 170 valence electrons. The highest BCUT2D eigenvalue weighted by Gasteiger charge is 2.44. The van der Waals surface area contributed by atoms with Gasteiger partial charge in [0.05, 0.1) is 32.9 Å². The van der Waals surface area contributed by atoms with Crippen molar-refractivity contribution in [3.05, 3.63) is 70.9 Å². The molecule has 1 N–H and O–H groups in total. The van der Waals surface area contributed by atoms with Gasteiger partial charge in [-0.15, -0.1) is 11.3 Å². The molecular formula is C24H23N3O4S2. The predicted molar refractivity (Wildman–Crippen MR) is 133 cm³/mol. The average molecular weight is 482 g/mol. The Hall–Kier alpha value is -3.43. The van der Waals surface area contributed by atoms with Crippen molar-refractivity contribution < 1.29 is 19.1 Å². The van der Waals surface area contributed by atoms with Crippen LogP contribution in [0, 0.1) is 0 Å². The summed E-state index contributed by atoms with van der Waals surface area (Å²) in [6.07, 6.45) is -0.0248. The van der Waals surface area contributed by atoms with Crippen LogP contribution in [0.4, 0.5) is 11.4 Å². The zero-order valence-corrected chi connectivity index (χ0v) is 19.8. The molecular weight excluding hydrogens is 458 g/mol. The Bertz CT molecular complexity index is 1130. The summed E-state index contributed by atoms with van der Waals surface area (Å²) in [6.45, 7) is 0.454. The SMILES string of the molecule is COc1ccc(NC(=O)C[C@H]2C(=O)N(c3ccc(OC)cc3)C(=S)N2Cc2cccs2)cc1. The summed E-state index contributed by atoms with van der Waals surface area (Å²) in [5.74, 6) is 0.879. The van der Waals surface area contributed by atoms with E-state index < -0.39 is 6.04 Å². The van der Waals surface area contributed by atoms with Gasteiger partial charge in [-0.05, 0) is 72.2 Å². The van der Waals surface area contributed by atoms with E-state index in [1.54, 1.807) is 74.1 Å². The molecule has 1 aliphatic rings. The van der Waals surface area contributed by atoms with Gasteiger partial charge in [0.25, 0.3) is 5.91 Å². The number of carbonyl (C=O) groups is 2. The van der Waals surface area contributed by atoms with Crippen LogP contribution >= 0.6 is 23.6 Å². The second-order valence-corrected chi connectivity index (χ2v) is 8.76. The number of nitrogens with zero attached hydrogens (tertiary/aromatic N) is 2. The van der Waals surface area contributed by atoms with E-state index in [0.717, 1.165) is 4.88 Å². The quantitative estimate of drug-likeness (QED) is 0.484. The summed E-state index contributed by atoms with van der Waals surface area (Å²) < 4.78 is 10.4. The van der Waals surface area contributed by atoms with Gasteiger partial charge in [-0.2, -0.15) is 0 Å². The number of carbonyl (C=O) groups excluding carboxylic acids is 2. The molecule has 1 atom stereocenters. The molecule has 1 fully saturated rings. The van der Waals surface area contributed by atoms with E-state index in [9.17, 15) is 9.59 Å².